The molecule has 174 valence electrons. The minimum atomic E-state index is -0.732. The number of nitro groups is 1. The fourth-order valence-corrected chi connectivity index (χ4v) is 5.93. The molecule has 2 fully saturated rings. The van der Waals surface area contributed by atoms with Gasteiger partial charge in [-0.05, 0) is 36.7 Å². The van der Waals surface area contributed by atoms with Crippen LogP contribution in [0.3, 0.4) is 0 Å². The number of hydrogen-bond donors (Lipinski definition) is 1. The fraction of sp³-hybridized carbons (Fsp3) is 0.680. The average Bonchev–Trinajstić information content (AvgIpc) is 3.04. The molecule has 2 N–H and O–H groups in total. The third-order valence-electron chi connectivity index (χ3n) is 7.78. The molecule has 4 rings (SSSR count). The van der Waals surface area contributed by atoms with Crippen LogP contribution in [0, 0.1) is 22.0 Å². The van der Waals surface area contributed by atoms with Gasteiger partial charge in [0.05, 0.1) is 11.5 Å². The molecule has 0 bridgehead atoms. The number of rotatable bonds is 8. The fourth-order valence-electron chi connectivity index (χ4n) is 5.93. The summed E-state index contributed by atoms with van der Waals surface area (Å²) in [5.41, 5.74) is 6.47. The predicted molar refractivity (Wildman–Crippen MR) is 125 cm³/mol. The summed E-state index contributed by atoms with van der Waals surface area (Å²) in [5, 5.41) is 10.9. The summed E-state index contributed by atoms with van der Waals surface area (Å²) in [6, 6.07) is 6.34. The average molecular weight is 441 g/mol. The van der Waals surface area contributed by atoms with E-state index >= 15 is 0 Å². The van der Waals surface area contributed by atoms with Crippen LogP contribution in [0.4, 0.5) is 5.69 Å². The standard InChI is InChI=1S/C25H36N4O3/c26-24-27-25(17-20-9-5-2-6-10-20,16-15-19-7-3-1-4-8-19)23(30)28(24)18-21-11-13-22(14-12-21)29(31)32/h11-14,19-20H,1-10,15-18H2,(H2,26,27)/t25-/m0/s1. The third kappa shape index (κ3) is 5.13. The number of nitrogens with zero attached hydrogens (tertiary/aromatic N) is 3. The lowest BCUT2D eigenvalue weighted by Crippen LogP contribution is -2.45. The van der Waals surface area contributed by atoms with Crippen molar-refractivity contribution in [2.45, 2.75) is 95.6 Å². The molecule has 1 aromatic carbocycles. The van der Waals surface area contributed by atoms with Crippen LogP contribution in [0.15, 0.2) is 29.3 Å². The normalized spacial score (nSPS) is 25.2. The Kier molecular flexibility index (Phi) is 7.11. The summed E-state index contributed by atoms with van der Waals surface area (Å²) < 4.78 is 0. The molecular weight excluding hydrogens is 404 g/mol. The molecule has 7 nitrogen and oxygen atoms in total. The van der Waals surface area contributed by atoms with Crippen LogP contribution >= 0.6 is 0 Å². The van der Waals surface area contributed by atoms with Crippen molar-refractivity contribution in [3.05, 3.63) is 39.9 Å². The van der Waals surface area contributed by atoms with E-state index in [1.807, 2.05) is 0 Å². The zero-order valence-electron chi connectivity index (χ0n) is 19.0. The second kappa shape index (κ2) is 10.0. The Balaban J connectivity index is 1.50. The Labute approximate surface area is 190 Å². The number of carbonyl (C=O) groups is 1. The highest BCUT2D eigenvalue weighted by molar-refractivity contribution is 6.06. The van der Waals surface area contributed by atoms with Gasteiger partial charge in [0.25, 0.3) is 11.6 Å². The molecule has 0 unspecified atom stereocenters. The quantitative estimate of drug-likeness (QED) is 0.436. The monoisotopic (exact) mass is 440 g/mol. The van der Waals surface area contributed by atoms with Gasteiger partial charge in [0, 0.05) is 12.1 Å². The maximum absolute atomic E-state index is 13.8. The molecule has 1 aromatic rings. The van der Waals surface area contributed by atoms with E-state index in [4.69, 9.17) is 10.7 Å². The second-order valence-electron chi connectivity index (χ2n) is 10.1. The number of nitro benzene ring substituents is 1. The van der Waals surface area contributed by atoms with Gasteiger partial charge in [-0.25, -0.2) is 4.99 Å². The van der Waals surface area contributed by atoms with E-state index in [1.54, 1.807) is 17.0 Å². The van der Waals surface area contributed by atoms with Crippen LogP contribution in [-0.4, -0.2) is 27.2 Å². The Morgan fingerprint density at radius 1 is 1.00 bits per heavy atom. The van der Waals surface area contributed by atoms with Crippen molar-refractivity contribution in [1.29, 1.82) is 0 Å². The van der Waals surface area contributed by atoms with Crippen molar-refractivity contribution in [2.24, 2.45) is 22.6 Å². The number of nitrogens with two attached hydrogens (primary N) is 1. The van der Waals surface area contributed by atoms with Crippen molar-refractivity contribution in [1.82, 2.24) is 4.90 Å². The van der Waals surface area contributed by atoms with Gasteiger partial charge in [0.15, 0.2) is 5.96 Å². The number of guanidine groups is 1. The van der Waals surface area contributed by atoms with Gasteiger partial charge >= 0.3 is 0 Å². The number of non-ortho nitro benzene ring substituents is 1. The highest BCUT2D eigenvalue weighted by atomic mass is 16.6. The first-order valence-electron chi connectivity index (χ1n) is 12.4. The van der Waals surface area contributed by atoms with E-state index in [0.29, 0.717) is 24.3 Å². The molecule has 32 heavy (non-hydrogen) atoms. The van der Waals surface area contributed by atoms with Crippen molar-refractivity contribution in [3.63, 3.8) is 0 Å². The third-order valence-corrected chi connectivity index (χ3v) is 7.78. The van der Waals surface area contributed by atoms with Crippen molar-refractivity contribution < 1.29 is 9.72 Å². The minimum absolute atomic E-state index is 0.0229. The topological polar surface area (TPSA) is 102 Å². The van der Waals surface area contributed by atoms with Crippen LogP contribution in [0.2, 0.25) is 0 Å². The minimum Gasteiger partial charge on any atom is -0.369 e. The summed E-state index contributed by atoms with van der Waals surface area (Å²) in [6.45, 7) is 0.308. The number of benzene rings is 1. The van der Waals surface area contributed by atoms with Crippen LogP contribution in [0.5, 0.6) is 0 Å². The number of aliphatic imine (C=N–C) groups is 1. The van der Waals surface area contributed by atoms with Crippen molar-refractivity contribution >= 4 is 17.6 Å². The molecule has 1 aliphatic heterocycles. The summed E-state index contributed by atoms with van der Waals surface area (Å²) in [6.07, 6.45) is 15.2. The first-order valence-corrected chi connectivity index (χ1v) is 12.4. The number of amides is 1. The van der Waals surface area contributed by atoms with E-state index in [1.165, 1.54) is 76.3 Å². The van der Waals surface area contributed by atoms with Gasteiger partial charge in [-0.2, -0.15) is 0 Å². The van der Waals surface area contributed by atoms with Crippen LogP contribution in [0.1, 0.15) is 89.0 Å². The maximum Gasteiger partial charge on any atom is 0.269 e. The number of hydrogen-bond acceptors (Lipinski definition) is 5. The van der Waals surface area contributed by atoms with E-state index in [9.17, 15) is 14.9 Å². The Morgan fingerprint density at radius 2 is 1.59 bits per heavy atom. The van der Waals surface area contributed by atoms with E-state index in [2.05, 4.69) is 0 Å². The maximum atomic E-state index is 13.8. The first kappa shape index (κ1) is 22.7. The molecule has 1 atom stereocenters. The molecule has 0 spiro atoms. The highest BCUT2D eigenvalue weighted by Gasteiger charge is 2.48. The molecular formula is C25H36N4O3. The molecule has 7 heteroatoms. The molecule has 1 heterocycles. The van der Waals surface area contributed by atoms with Gasteiger partial charge < -0.3 is 5.73 Å². The summed E-state index contributed by atoms with van der Waals surface area (Å²) in [7, 11) is 0. The van der Waals surface area contributed by atoms with E-state index in [-0.39, 0.29) is 11.6 Å². The summed E-state index contributed by atoms with van der Waals surface area (Å²) >= 11 is 0. The molecule has 0 aromatic heterocycles. The first-order chi connectivity index (χ1) is 15.5. The second-order valence-corrected chi connectivity index (χ2v) is 10.1. The molecule has 2 aliphatic carbocycles. The largest absolute Gasteiger partial charge is 0.369 e. The lowest BCUT2D eigenvalue weighted by Gasteiger charge is -2.33. The lowest BCUT2D eigenvalue weighted by molar-refractivity contribution is -0.384. The molecule has 0 radical (unpaired) electrons. The predicted octanol–water partition coefficient (Wildman–Crippen LogP) is 5.32. The van der Waals surface area contributed by atoms with Crippen LogP contribution in [-0.2, 0) is 11.3 Å². The van der Waals surface area contributed by atoms with Crippen molar-refractivity contribution in [3.8, 4) is 0 Å². The lowest BCUT2D eigenvalue weighted by atomic mass is 9.75. The van der Waals surface area contributed by atoms with Crippen LogP contribution in [0.25, 0.3) is 0 Å². The van der Waals surface area contributed by atoms with Gasteiger partial charge in [-0.1, -0.05) is 76.3 Å². The Bertz CT molecular complexity index is 841. The number of carbonyl (C=O) groups excluding carboxylic acids is 1. The van der Waals surface area contributed by atoms with Crippen LogP contribution < -0.4 is 5.73 Å². The van der Waals surface area contributed by atoms with E-state index < -0.39 is 10.5 Å². The Hall–Kier alpha value is -2.44. The zero-order valence-corrected chi connectivity index (χ0v) is 19.0. The molecule has 2 saturated carbocycles. The van der Waals surface area contributed by atoms with Gasteiger partial charge in [0.2, 0.25) is 0 Å². The molecule has 0 saturated heterocycles. The Morgan fingerprint density at radius 3 is 2.19 bits per heavy atom. The van der Waals surface area contributed by atoms with Gasteiger partial charge in [-0.3, -0.25) is 19.8 Å². The van der Waals surface area contributed by atoms with Gasteiger partial charge in [0.1, 0.15) is 5.54 Å². The van der Waals surface area contributed by atoms with Crippen molar-refractivity contribution in [2.75, 3.05) is 0 Å². The summed E-state index contributed by atoms with van der Waals surface area (Å²) in [5.74, 6) is 1.55. The summed E-state index contributed by atoms with van der Waals surface area (Å²) in [4.78, 5) is 30.8. The zero-order chi connectivity index (χ0) is 22.6. The van der Waals surface area contributed by atoms with E-state index in [0.717, 1.165) is 24.8 Å². The molecule has 1 amide bonds. The SMILES string of the molecule is NC1=N[C@@](CCC2CCCCC2)(CC2CCCCC2)C(=O)N1Cc1ccc([N+](=O)[O-])cc1. The highest BCUT2D eigenvalue weighted by Crippen LogP contribution is 2.41. The van der Waals surface area contributed by atoms with Gasteiger partial charge in [-0.15, -0.1) is 0 Å². The molecule has 3 aliphatic rings. The smallest absolute Gasteiger partial charge is 0.269 e.